The minimum atomic E-state index is -0.982. The first-order valence-corrected chi connectivity index (χ1v) is 8.06. The average molecular weight is 341 g/mol. The summed E-state index contributed by atoms with van der Waals surface area (Å²) in [5.41, 5.74) is 0.726. The van der Waals surface area contributed by atoms with E-state index in [9.17, 15) is 9.59 Å². The summed E-state index contributed by atoms with van der Waals surface area (Å²) in [5.74, 6) is 0.0772. The van der Waals surface area contributed by atoms with Crippen molar-refractivity contribution in [1.82, 2.24) is 15.3 Å². The van der Waals surface area contributed by atoms with Gasteiger partial charge in [0.05, 0.1) is 25.0 Å². The van der Waals surface area contributed by atoms with Gasteiger partial charge < -0.3 is 14.8 Å². The number of nitrogens with zero attached hydrogens (tertiary/aromatic N) is 2. The topological polar surface area (TPSA) is 90.4 Å². The van der Waals surface area contributed by atoms with Crippen LogP contribution in [0.5, 0.6) is 5.88 Å². The molecule has 0 spiro atoms. The predicted octanol–water partition coefficient (Wildman–Crippen LogP) is 1.91. The minimum Gasteiger partial charge on any atom is -0.477 e. The molecule has 7 nitrogen and oxygen atoms in total. The van der Waals surface area contributed by atoms with Crippen molar-refractivity contribution in [1.29, 1.82) is 0 Å². The zero-order chi connectivity index (χ0) is 17.6. The van der Waals surface area contributed by atoms with Gasteiger partial charge in [-0.3, -0.25) is 9.78 Å². The summed E-state index contributed by atoms with van der Waals surface area (Å²) >= 11 is 0. The van der Waals surface area contributed by atoms with Gasteiger partial charge in [0, 0.05) is 18.5 Å². The third-order valence-electron chi connectivity index (χ3n) is 3.86. The van der Waals surface area contributed by atoms with Crippen LogP contribution < -0.4 is 10.1 Å². The van der Waals surface area contributed by atoms with E-state index in [1.54, 1.807) is 36.5 Å². The molecular weight excluding hydrogens is 322 g/mol. The lowest BCUT2D eigenvalue weighted by molar-refractivity contribution is -0.143. The van der Waals surface area contributed by atoms with Crippen molar-refractivity contribution >= 4 is 11.9 Å². The molecule has 1 aliphatic rings. The molecule has 7 heteroatoms. The quantitative estimate of drug-likeness (QED) is 0.774. The highest BCUT2D eigenvalue weighted by molar-refractivity contribution is 5.96. The smallest absolute Gasteiger partial charge is 0.334 e. The van der Waals surface area contributed by atoms with Gasteiger partial charge in [-0.25, -0.2) is 9.78 Å². The lowest BCUT2D eigenvalue weighted by Crippen LogP contribution is -2.35. The van der Waals surface area contributed by atoms with Crippen LogP contribution in [0.1, 0.15) is 34.9 Å². The van der Waals surface area contributed by atoms with E-state index in [0.29, 0.717) is 29.7 Å². The van der Waals surface area contributed by atoms with Crippen molar-refractivity contribution in [2.75, 3.05) is 13.7 Å². The van der Waals surface area contributed by atoms with Crippen molar-refractivity contribution in [2.24, 2.45) is 5.92 Å². The Labute approximate surface area is 145 Å². The highest BCUT2D eigenvalue weighted by Gasteiger charge is 2.25. The molecule has 0 bridgehead atoms. The van der Waals surface area contributed by atoms with E-state index in [4.69, 9.17) is 9.47 Å². The van der Waals surface area contributed by atoms with Crippen molar-refractivity contribution in [3.8, 4) is 5.88 Å². The molecule has 1 aliphatic carbocycles. The van der Waals surface area contributed by atoms with Gasteiger partial charge in [0.1, 0.15) is 0 Å². The highest BCUT2D eigenvalue weighted by atomic mass is 16.5. The minimum absolute atomic E-state index is 0.323. The fraction of sp³-hybridized carbons (Fsp3) is 0.333. The third-order valence-corrected chi connectivity index (χ3v) is 3.86. The van der Waals surface area contributed by atoms with E-state index in [2.05, 4.69) is 15.3 Å². The average Bonchev–Trinajstić information content (AvgIpc) is 3.49. The molecule has 1 saturated carbocycles. The number of amides is 1. The molecule has 1 amide bonds. The number of ether oxygens (including phenoxy) is 2. The van der Waals surface area contributed by atoms with Crippen LogP contribution in [-0.2, 0) is 9.53 Å². The zero-order valence-electron chi connectivity index (χ0n) is 13.8. The summed E-state index contributed by atoms with van der Waals surface area (Å²) in [4.78, 5) is 32.6. The maximum atomic E-state index is 12.4. The maximum Gasteiger partial charge on any atom is 0.334 e. The lowest BCUT2D eigenvalue weighted by atomic mass is 10.1. The van der Waals surface area contributed by atoms with Crippen LogP contribution in [0.15, 0.2) is 42.7 Å². The molecule has 1 N–H and O–H groups in total. The molecule has 0 aromatic carbocycles. The predicted molar refractivity (Wildman–Crippen MR) is 88.9 cm³/mol. The van der Waals surface area contributed by atoms with Crippen LogP contribution in [0.4, 0.5) is 0 Å². The van der Waals surface area contributed by atoms with Crippen molar-refractivity contribution in [3.05, 3.63) is 54.0 Å². The number of rotatable bonds is 7. The number of carbonyl (C=O) groups excluding carboxylic acids is 2. The van der Waals surface area contributed by atoms with E-state index in [1.807, 2.05) is 0 Å². The Bertz CT molecular complexity index is 730. The van der Waals surface area contributed by atoms with Gasteiger partial charge in [-0.05, 0) is 37.0 Å². The van der Waals surface area contributed by atoms with Gasteiger partial charge in [-0.1, -0.05) is 6.07 Å². The molecule has 0 saturated heterocycles. The number of carbonyl (C=O) groups is 2. The van der Waals surface area contributed by atoms with Crippen LogP contribution >= 0.6 is 0 Å². The van der Waals surface area contributed by atoms with Gasteiger partial charge in [0.2, 0.25) is 5.88 Å². The molecule has 2 aromatic heterocycles. The molecule has 1 atom stereocenters. The lowest BCUT2D eigenvalue weighted by Gasteiger charge is -2.16. The van der Waals surface area contributed by atoms with Crippen molar-refractivity contribution in [3.63, 3.8) is 0 Å². The molecule has 0 aliphatic heterocycles. The molecule has 3 rings (SSSR count). The summed E-state index contributed by atoms with van der Waals surface area (Å²) in [6.45, 7) is 0.655. The first-order chi connectivity index (χ1) is 12.2. The second kappa shape index (κ2) is 7.74. The van der Waals surface area contributed by atoms with Gasteiger partial charge in [-0.15, -0.1) is 0 Å². The highest BCUT2D eigenvalue weighted by Crippen LogP contribution is 2.29. The first-order valence-electron chi connectivity index (χ1n) is 8.06. The summed E-state index contributed by atoms with van der Waals surface area (Å²) < 4.78 is 10.3. The van der Waals surface area contributed by atoms with Gasteiger partial charge in [0.25, 0.3) is 5.91 Å². The standard InChI is InChI=1S/C18H19N3O4/c1-24-18(23)16(14-4-2-3-9-19-14)21-17(22)13-7-8-15(20-10-13)25-11-12-5-6-12/h2-4,7-10,12,16H,5-6,11H2,1H3,(H,21,22). The van der Waals surface area contributed by atoms with Crippen molar-refractivity contribution in [2.45, 2.75) is 18.9 Å². The largest absolute Gasteiger partial charge is 0.477 e. The second-order valence-electron chi connectivity index (χ2n) is 5.82. The Morgan fingerprint density at radius 3 is 2.68 bits per heavy atom. The Hall–Kier alpha value is -2.96. The molecule has 0 radical (unpaired) electrons. The fourth-order valence-electron chi connectivity index (χ4n) is 2.22. The number of esters is 1. The summed E-state index contributed by atoms with van der Waals surface area (Å²) in [5, 5.41) is 2.62. The van der Waals surface area contributed by atoms with Crippen LogP contribution in [-0.4, -0.2) is 35.6 Å². The molecule has 1 fully saturated rings. The number of nitrogens with one attached hydrogen (secondary N) is 1. The molecule has 25 heavy (non-hydrogen) atoms. The van der Waals surface area contributed by atoms with Gasteiger partial charge in [0.15, 0.2) is 6.04 Å². The maximum absolute atomic E-state index is 12.4. The number of hydrogen-bond acceptors (Lipinski definition) is 6. The fourth-order valence-corrected chi connectivity index (χ4v) is 2.22. The normalized spacial score (nSPS) is 14.4. The monoisotopic (exact) mass is 341 g/mol. The summed E-state index contributed by atoms with van der Waals surface area (Å²) in [7, 11) is 1.26. The molecule has 2 heterocycles. The summed E-state index contributed by atoms with van der Waals surface area (Å²) in [6, 6.07) is 7.38. The number of hydrogen-bond donors (Lipinski definition) is 1. The van der Waals surface area contributed by atoms with E-state index < -0.39 is 17.9 Å². The van der Waals surface area contributed by atoms with Gasteiger partial charge in [-0.2, -0.15) is 0 Å². The number of aromatic nitrogens is 2. The van der Waals surface area contributed by atoms with Crippen LogP contribution in [0.3, 0.4) is 0 Å². The van der Waals surface area contributed by atoms with Crippen molar-refractivity contribution < 1.29 is 19.1 Å². The number of methoxy groups -OCH3 is 1. The van der Waals surface area contributed by atoms with E-state index in [1.165, 1.54) is 26.1 Å². The van der Waals surface area contributed by atoms with Crippen LogP contribution in [0.25, 0.3) is 0 Å². The molecular formula is C18H19N3O4. The van der Waals surface area contributed by atoms with E-state index >= 15 is 0 Å². The number of pyridine rings is 2. The Morgan fingerprint density at radius 1 is 1.24 bits per heavy atom. The molecule has 130 valence electrons. The van der Waals surface area contributed by atoms with Crippen LogP contribution in [0, 0.1) is 5.92 Å². The Kier molecular flexibility index (Phi) is 5.23. The Balaban J connectivity index is 1.66. The van der Waals surface area contributed by atoms with Crippen LogP contribution in [0.2, 0.25) is 0 Å². The zero-order valence-corrected chi connectivity index (χ0v) is 13.8. The van der Waals surface area contributed by atoms with Gasteiger partial charge >= 0.3 is 5.97 Å². The Morgan fingerprint density at radius 2 is 2.08 bits per heavy atom. The first kappa shape index (κ1) is 16.9. The molecule has 1 unspecified atom stereocenters. The SMILES string of the molecule is COC(=O)C(NC(=O)c1ccc(OCC2CC2)nc1)c1ccccn1. The van der Waals surface area contributed by atoms with E-state index in [-0.39, 0.29) is 0 Å². The summed E-state index contributed by atoms with van der Waals surface area (Å²) in [6.07, 6.45) is 5.36. The molecule has 2 aromatic rings. The third kappa shape index (κ3) is 4.53. The van der Waals surface area contributed by atoms with E-state index in [0.717, 1.165) is 0 Å². The second-order valence-corrected chi connectivity index (χ2v) is 5.82.